The molecule has 19 heavy (non-hydrogen) atoms. The van der Waals surface area contributed by atoms with Gasteiger partial charge in [0.1, 0.15) is 5.57 Å². The minimum atomic E-state index is -2.33. The first kappa shape index (κ1) is 14.1. The molecule has 0 saturated heterocycles. The summed E-state index contributed by atoms with van der Waals surface area (Å²) in [5.41, 5.74) is -0.171. The lowest BCUT2D eigenvalue weighted by Gasteiger charge is -2.09. The summed E-state index contributed by atoms with van der Waals surface area (Å²) in [6, 6.07) is 8.14. The second-order valence-electron chi connectivity index (χ2n) is 3.62. The normalized spacial score (nSPS) is 15.7. The molecule has 2 rings (SSSR count). The van der Waals surface area contributed by atoms with Crippen molar-refractivity contribution in [3.8, 4) is 0 Å². The SMILES string of the molecule is O=C1OC(c2ccccc2)=C(C(=O)C(Cl)(Cl)Cl)C1=O. The van der Waals surface area contributed by atoms with Crippen LogP contribution in [0.15, 0.2) is 35.9 Å². The van der Waals surface area contributed by atoms with Crippen LogP contribution >= 0.6 is 34.8 Å². The van der Waals surface area contributed by atoms with Gasteiger partial charge in [0.15, 0.2) is 5.76 Å². The van der Waals surface area contributed by atoms with Gasteiger partial charge in [-0.25, -0.2) is 4.79 Å². The van der Waals surface area contributed by atoms with E-state index in [0.29, 0.717) is 5.56 Å². The van der Waals surface area contributed by atoms with Crippen LogP contribution in [0.4, 0.5) is 0 Å². The zero-order valence-electron chi connectivity index (χ0n) is 9.15. The Kier molecular flexibility index (Phi) is 3.67. The Morgan fingerprint density at radius 2 is 1.63 bits per heavy atom. The summed E-state index contributed by atoms with van der Waals surface area (Å²) in [6.45, 7) is 0. The van der Waals surface area contributed by atoms with Crippen molar-refractivity contribution in [2.45, 2.75) is 3.79 Å². The molecule has 0 spiro atoms. The van der Waals surface area contributed by atoms with Crippen LogP contribution in [-0.2, 0) is 19.1 Å². The van der Waals surface area contributed by atoms with Crippen molar-refractivity contribution in [3.63, 3.8) is 0 Å². The number of ketones is 2. The molecule has 0 fully saturated rings. The van der Waals surface area contributed by atoms with Crippen LogP contribution in [0.5, 0.6) is 0 Å². The summed E-state index contributed by atoms with van der Waals surface area (Å²) < 4.78 is 2.45. The lowest BCUT2D eigenvalue weighted by Crippen LogP contribution is -2.26. The van der Waals surface area contributed by atoms with Crippen LogP contribution < -0.4 is 0 Å². The Balaban J connectivity index is 2.59. The fourth-order valence-corrected chi connectivity index (χ4v) is 1.82. The standard InChI is InChI=1S/C12H5Cl3O4/c13-12(14,15)10(17)7-8(16)11(18)19-9(7)6-4-2-1-3-5-6/h1-5H. The number of hydrogen-bond donors (Lipinski definition) is 0. The summed E-state index contributed by atoms with van der Waals surface area (Å²) in [6.07, 6.45) is 0. The minimum absolute atomic E-state index is 0.188. The van der Waals surface area contributed by atoms with Crippen molar-refractivity contribution >= 4 is 58.1 Å². The number of benzene rings is 1. The molecule has 0 radical (unpaired) electrons. The second-order valence-corrected chi connectivity index (χ2v) is 5.90. The molecule has 0 atom stereocenters. The largest absolute Gasteiger partial charge is 0.419 e. The number of ether oxygens (including phenoxy) is 1. The van der Waals surface area contributed by atoms with Gasteiger partial charge in [-0.1, -0.05) is 65.1 Å². The van der Waals surface area contributed by atoms with Gasteiger partial charge in [0.2, 0.25) is 5.78 Å². The predicted molar refractivity (Wildman–Crippen MR) is 69.8 cm³/mol. The average Bonchev–Trinajstić information content (AvgIpc) is 2.65. The summed E-state index contributed by atoms with van der Waals surface area (Å²) in [5, 5.41) is 0. The Labute approximate surface area is 122 Å². The summed E-state index contributed by atoms with van der Waals surface area (Å²) in [7, 11) is 0. The molecule has 0 N–H and O–H groups in total. The van der Waals surface area contributed by atoms with Gasteiger partial charge in [0.05, 0.1) is 0 Å². The van der Waals surface area contributed by atoms with E-state index in [-0.39, 0.29) is 5.76 Å². The number of carbonyl (C=O) groups is 3. The summed E-state index contributed by atoms with van der Waals surface area (Å²) in [5.74, 6) is -3.56. The Bertz CT molecular complexity index is 599. The average molecular weight is 320 g/mol. The quantitative estimate of drug-likeness (QED) is 0.364. The monoisotopic (exact) mass is 318 g/mol. The zero-order valence-corrected chi connectivity index (χ0v) is 11.4. The van der Waals surface area contributed by atoms with E-state index in [9.17, 15) is 14.4 Å². The van der Waals surface area contributed by atoms with Crippen LogP contribution in [0, 0.1) is 0 Å². The molecule has 0 amide bonds. The van der Waals surface area contributed by atoms with E-state index in [1.807, 2.05) is 0 Å². The van der Waals surface area contributed by atoms with Gasteiger partial charge >= 0.3 is 5.97 Å². The molecular weight excluding hydrogens is 314 g/mol. The molecule has 4 nitrogen and oxygen atoms in total. The van der Waals surface area contributed by atoms with Crippen LogP contribution in [0.2, 0.25) is 0 Å². The van der Waals surface area contributed by atoms with Gasteiger partial charge in [-0.15, -0.1) is 0 Å². The van der Waals surface area contributed by atoms with Crippen molar-refractivity contribution in [2.24, 2.45) is 0 Å². The fourth-order valence-electron chi connectivity index (χ4n) is 1.54. The van der Waals surface area contributed by atoms with Crippen LogP contribution in [0.25, 0.3) is 5.76 Å². The van der Waals surface area contributed by atoms with Gasteiger partial charge in [-0.05, 0) is 0 Å². The van der Waals surface area contributed by atoms with E-state index >= 15 is 0 Å². The van der Waals surface area contributed by atoms with Gasteiger partial charge in [-0.3, -0.25) is 9.59 Å². The Hall–Kier alpha value is -1.36. The zero-order chi connectivity index (χ0) is 14.2. The highest BCUT2D eigenvalue weighted by Crippen LogP contribution is 2.36. The van der Waals surface area contributed by atoms with E-state index in [4.69, 9.17) is 39.5 Å². The first-order chi connectivity index (χ1) is 8.82. The highest BCUT2D eigenvalue weighted by molar-refractivity contribution is 6.79. The molecule has 98 valence electrons. The van der Waals surface area contributed by atoms with Gasteiger partial charge in [0, 0.05) is 5.56 Å². The molecule has 1 heterocycles. The molecule has 0 aromatic heterocycles. The topological polar surface area (TPSA) is 60.4 Å². The molecule has 7 heteroatoms. The third-order valence-electron chi connectivity index (χ3n) is 2.35. The summed E-state index contributed by atoms with van der Waals surface area (Å²) >= 11 is 16.4. The van der Waals surface area contributed by atoms with Crippen molar-refractivity contribution in [1.29, 1.82) is 0 Å². The van der Waals surface area contributed by atoms with E-state index in [0.717, 1.165) is 0 Å². The molecule has 1 aromatic rings. The molecule has 0 bridgehead atoms. The number of carbonyl (C=O) groups excluding carboxylic acids is 3. The van der Waals surface area contributed by atoms with E-state index in [1.54, 1.807) is 30.3 Å². The first-order valence-corrected chi connectivity index (χ1v) is 6.13. The Morgan fingerprint density at radius 3 is 2.16 bits per heavy atom. The molecule has 1 aliphatic heterocycles. The number of cyclic esters (lactones) is 1. The minimum Gasteiger partial charge on any atom is -0.419 e. The highest BCUT2D eigenvalue weighted by Gasteiger charge is 2.45. The molecule has 0 saturated carbocycles. The van der Waals surface area contributed by atoms with Crippen LogP contribution in [-0.4, -0.2) is 21.3 Å². The first-order valence-electron chi connectivity index (χ1n) is 5.00. The number of rotatable bonds is 2. The molecule has 0 unspecified atom stereocenters. The van der Waals surface area contributed by atoms with Crippen molar-refractivity contribution < 1.29 is 19.1 Å². The van der Waals surface area contributed by atoms with Crippen molar-refractivity contribution in [3.05, 3.63) is 41.5 Å². The number of esters is 1. The number of halogens is 3. The lowest BCUT2D eigenvalue weighted by atomic mass is 10.0. The third-order valence-corrected chi connectivity index (χ3v) is 2.87. The molecule has 1 aliphatic rings. The maximum Gasteiger partial charge on any atom is 0.385 e. The smallest absolute Gasteiger partial charge is 0.385 e. The molecule has 0 aliphatic carbocycles. The van der Waals surface area contributed by atoms with E-state index < -0.39 is 26.9 Å². The van der Waals surface area contributed by atoms with Gasteiger partial charge in [0.25, 0.3) is 9.58 Å². The maximum absolute atomic E-state index is 11.9. The lowest BCUT2D eigenvalue weighted by molar-refractivity contribution is -0.145. The van der Waals surface area contributed by atoms with Crippen molar-refractivity contribution in [1.82, 2.24) is 0 Å². The number of hydrogen-bond acceptors (Lipinski definition) is 4. The highest BCUT2D eigenvalue weighted by atomic mass is 35.6. The van der Waals surface area contributed by atoms with Gasteiger partial charge in [-0.2, -0.15) is 0 Å². The maximum atomic E-state index is 11.9. The predicted octanol–water partition coefficient (Wildman–Crippen LogP) is 2.46. The van der Waals surface area contributed by atoms with Crippen LogP contribution in [0.3, 0.4) is 0 Å². The summed E-state index contributed by atoms with van der Waals surface area (Å²) in [4.78, 5) is 34.9. The fraction of sp³-hybridized carbons (Fsp3) is 0.0833. The Morgan fingerprint density at radius 1 is 1.05 bits per heavy atom. The van der Waals surface area contributed by atoms with Crippen LogP contribution in [0.1, 0.15) is 5.56 Å². The number of alkyl halides is 3. The molecular formula is C12H5Cl3O4. The molecule has 1 aromatic carbocycles. The van der Waals surface area contributed by atoms with E-state index in [2.05, 4.69) is 0 Å². The van der Waals surface area contributed by atoms with Gasteiger partial charge < -0.3 is 4.74 Å². The third kappa shape index (κ3) is 2.66. The number of Topliss-reactive ketones (excluding diaryl/α,β-unsaturated/α-hetero) is 2. The van der Waals surface area contributed by atoms with Crippen molar-refractivity contribution in [2.75, 3.05) is 0 Å². The van der Waals surface area contributed by atoms with E-state index in [1.165, 1.54) is 0 Å². The second kappa shape index (κ2) is 4.96.